The van der Waals surface area contributed by atoms with Gasteiger partial charge in [-0.2, -0.15) is 0 Å². The third kappa shape index (κ3) is 7.36. The first-order chi connectivity index (χ1) is 27.6. The Balaban J connectivity index is 1.43. The van der Waals surface area contributed by atoms with E-state index in [4.69, 9.17) is 9.97 Å². The van der Waals surface area contributed by atoms with Crippen LogP contribution < -0.4 is 0 Å². The van der Waals surface area contributed by atoms with Crippen LogP contribution in [0.5, 0.6) is 5.75 Å². The highest BCUT2D eigenvalue weighted by Crippen LogP contribution is 2.44. The summed E-state index contributed by atoms with van der Waals surface area (Å²) in [5.41, 5.74) is 15.0. The molecule has 4 nitrogen and oxygen atoms in total. The predicted molar refractivity (Wildman–Crippen MR) is 244 cm³/mol. The van der Waals surface area contributed by atoms with Gasteiger partial charge in [-0.25, -0.2) is 4.98 Å². The summed E-state index contributed by atoms with van der Waals surface area (Å²) in [6.45, 7) is 19.9. The van der Waals surface area contributed by atoms with Crippen LogP contribution in [0, 0.1) is 0 Å². The molecule has 0 saturated carbocycles. The number of hydrogen-bond acceptors (Lipinski definition) is 3. The summed E-state index contributed by atoms with van der Waals surface area (Å²) in [6, 6.07) is 51.5. The van der Waals surface area contributed by atoms with Crippen molar-refractivity contribution in [2.75, 3.05) is 0 Å². The van der Waals surface area contributed by atoms with Crippen LogP contribution in [-0.2, 0) is 16.2 Å². The molecule has 8 rings (SSSR count). The minimum atomic E-state index is -0.276. The van der Waals surface area contributed by atoms with E-state index >= 15 is 0 Å². The number of fused-ring (bicyclic) bond motifs is 1. The fourth-order valence-corrected chi connectivity index (χ4v) is 7.89. The van der Waals surface area contributed by atoms with Gasteiger partial charge < -0.3 is 5.11 Å². The van der Waals surface area contributed by atoms with E-state index in [0.29, 0.717) is 11.4 Å². The third-order valence-corrected chi connectivity index (χ3v) is 11.2. The maximum absolute atomic E-state index is 12.1. The van der Waals surface area contributed by atoms with E-state index < -0.39 is 0 Å². The van der Waals surface area contributed by atoms with Crippen molar-refractivity contribution in [3.63, 3.8) is 0 Å². The lowest BCUT2D eigenvalue weighted by Crippen LogP contribution is -2.12. The number of rotatable bonds is 6. The molecule has 6 aromatic carbocycles. The molecule has 0 bridgehead atoms. The molecule has 1 N–H and O–H groups in total. The van der Waals surface area contributed by atoms with Gasteiger partial charge in [0.25, 0.3) is 0 Å². The molecule has 0 atom stereocenters. The Labute approximate surface area is 343 Å². The van der Waals surface area contributed by atoms with Gasteiger partial charge in [0.2, 0.25) is 0 Å². The highest BCUT2D eigenvalue weighted by molar-refractivity contribution is 5.98. The second kappa shape index (κ2) is 14.6. The van der Waals surface area contributed by atoms with Gasteiger partial charge in [-0.1, -0.05) is 159 Å². The summed E-state index contributed by atoms with van der Waals surface area (Å²) in [6.07, 6.45) is 1.91. The highest BCUT2D eigenvalue weighted by atomic mass is 16.3. The molecule has 0 fully saturated rings. The summed E-state index contributed by atoms with van der Waals surface area (Å²) in [4.78, 5) is 10.5. The Morgan fingerprint density at radius 1 is 0.466 bits per heavy atom. The monoisotopic (exact) mass is 759 g/mol. The molecule has 0 amide bonds. The van der Waals surface area contributed by atoms with Crippen molar-refractivity contribution >= 4 is 11.0 Å². The van der Waals surface area contributed by atoms with Crippen molar-refractivity contribution in [1.82, 2.24) is 14.5 Å². The average molecular weight is 760 g/mol. The molecule has 290 valence electrons. The largest absolute Gasteiger partial charge is 0.507 e. The molecule has 0 unspecified atom stereocenters. The molecule has 2 aromatic heterocycles. The van der Waals surface area contributed by atoms with Crippen molar-refractivity contribution in [2.24, 2.45) is 0 Å². The average Bonchev–Trinajstić information content (AvgIpc) is 3.59. The first-order valence-corrected chi connectivity index (χ1v) is 20.3. The molecule has 8 aromatic rings. The van der Waals surface area contributed by atoms with Crippen LogP contribution in [-0.4, -0.2) is 19.6 Å². The van der Waals surface area contributed by atoms with Crippen LogP contribution in [0.4, 0.5) is 0 Å². The van der Waals surface area contributed by atoms with E-state index in [9.17, 15) is 5.11 Å². The standard InChI is InChI=1S/C54H53N3O/c1-52(2,3)40-26-27-47(44(34-40)36-20-14-11-15-21-36)57-48-25-17-22-42(49(48)56-51(57)43-23-16-24-45(50(43)58)54(7,8)9)38-30-39(32-41(31-38)53(4,5)6)46-33-37(28-29-55-46)35-18-12-10-13-19-35/h10-34,58H,1-9H3. The molecule has 0 radical (unpaired) electrons. The van der Waals surface area contributed by atoms with Crippen LogP contribution >= 0.6 is 0 Å². The van der Waals surface area contributed by atoms with E-state index in [-0.39, 0.29) is 22.0 Å². The lowest BCUT2D eigenvalue weighted by Gasteiger charge is -2.24. The van der Waals surface area contributed by atoms with E-state index in [1.165, 1.54) is 11.1 Å². The molecule has 0 aliphatic rings. The number of nitrogens with zero attached hydrogens (tertiary/aromatic N) is 3. The molecule has 4 heteroatoms. The van der Waals surface area contributed by atoms with Crippen molar-refractivity contribution in [1.29, 1.82) is 0 Å². The smallest absolute Gasteiger partial charge is 0.149 e. The Bertz CT molecular complexity index is 2770. The minimum absolute atomic E-state index is 0.0559. The zero-order valence-corrected chi connectivity index (χ0v) is 35.2. The number of phenols is 1. The number of para-hydroxylation sites is 2. The molecular weight excluding hydrogens is 707 g/mol. The lowest BCUT2D eigenvalue weighted by molar-refractivity contribution is 0.448. The molecular formula is C54H53N3O. The third-order valence-electron chi connectivity index (χ3n) is 11.2. The molecule has 0 aliphatic carbocycles. The minimum Gasteiger partial charge on any atom is -0.507 e. The maximum atomic E-state index is 12.1. The lowest BCUT2D eigenvalue weighted by atomic mass is 9.83. The van der Waals surface area contributed by atoms with Crippen LogP contribution in [0.25, 0.3) is 72.7 Å². The fraction of sp³-hybridized carbons (Fsp3) is 0.222. The number of aromatic nitrogens is 3. The van der Waals surface area contributed by atoms with Crippen LogP contribution in [0.2, 0.25) is 0 Å². The van der Waals surface area contributed by atoms with E-state index in [1.807, 2.05) is 30.5 Å². The van der Waals surface area contributed by atoms with Gasteiger partial charge in [-0.3, -0.25) is 9.55 Å². The molecule has 0 spiro atoms. The second-order valence-corrected chi connectivity index (χ2v) is 18.6. The topological polar surface area (TPSA) is 50.9 Å². The SMILES string of the molecule is CC(C)(C)c1cc(-c2cc(-c3ccccc3)ccn2)cc(-c2cccc3c2nc(-c2cccc(C(C)(C)C)c2O)n3-c2ccc(C(C)(C)C)cc2-c2ccccc2)c1. The maximum Gasteiger partial charge on any atom is 0.149 e. The van der Waals surface area contributed by atoms with E-state index in [2.05, 4.69) is 188 Å². The first kappa shape index (κ1) is 38.6. The molecule has 0 aliphatic heterocycles. The number of pyridine rings is 1. The quantitative estimate of drug-likeness (QED) is 0.184. The number of phenolic OH excluding ortho intramolecular Hbond substituents is 1. The van der Waals surface area contributed by atoms with Crippen LogP contribution in [0.3, 0.4) is 0 Å². The van der Waals surface area contributed by atoms with Crippen molar-refractivity contribution in [2.45, 2.75) is 78.6 Å². The predicted octanol–water partition coefficient (Wildman–Crippen LogP) is 14.4. The summed E-state index contributed by atoms with van der Waals surface area (Å²) in [5.74, 6) is 0.943. The van der Waals surface area contributed by atoms with Crippen molar-refractivity contribution in [3.05, 3.63) is 168 Å². The number of imidazole rings is 1. The van der Waals surface area contributed by atoms with Gasteiger partial charge in [0, 0.05) is 22.9 Å². The van der Waals surface area contributed by atoms with E-state index in [0.717, 1.165) is 66.9 Å². The van der Waals surface area contributed by atoms with Crippen LogP contribution in [0.1, 0.15) is 79.0 Å². The normalized spacial score (nSPS) is 12.3. The summed E-state index contributed by atoms with van der Waals surface area (Å²) >= 11 is 0. The number of aromatic hydroxyl groups is 1. The van der Waals surface area contributed by atoms with Crippen molar-refractivity contribution < 1.29 is 5.11 Å². The Morgan fingerprint density at radius 2 is 1.10 bits per heavy atom. The zero-order chi connectivity index (χ0) is 41.0. The summed E-state index contributed by atoms with van der Waals surface area (Å²) in [5, 5.41) is 12.1. The molecule has 58 heavy (non-hydrogen) atoms. The number of hydrogen-bond donors (Lipinski definition) is 1. The van der Waals surface area contributed by atoms with Gasteiger partial charge in [0.15, 0.2) is 0 Å². The van der Waals surface area contributed by atoms with Gasteiger partial charge in [-0.15, -0.1) is 0 Å². The Morgan fingerprint density at radius 3 is 1.78 bits per heavy atom. The second-order valence-electron chi connectivity index (χ2n) is 18.6. The van der Waals surface area contributed by atoms with Crippen molar-refractivity contribution in [3.8, 4) is 67.5 Å². The van der Waals surface area contributed by atoms with Gasteiger partial charge in [0.05, 0.1) is 28.0 Å². The summed E-state index contributed by atoms with van der Waals surface area (Å²) in [7, 11) is 0. The molecule has 2 heterocycles. The Kier molecular flexibility index (Phi) is 9.72. The van der Waals surface area contributed by atoms with Crippen LogP contribution in [0.15, 0.2) is 152 Å². The highest BCUT2D eigenvalue weighted by Gasteiger charge is 2.27. The zero-order valence-electron chi connectivity index (χ0n) is 35.2. The van der Waals surface area contributed by atoms with Gasteiger partial charge in [-0.05, 0) is 104 Å². The molecule has 0 saturated heterocycles. The Hall–Kier alpha value is -6.26. The first-order valence-electron chi connectivity index (χ1n) is 20.3. The van der Waals surface area contributed by atoms with Gasteiger partial charge in [0.1, 0.15) is 11.6 Å². The fourth-order valence-electron chi connectivity index (χ4n) is 7.89. The van der Waals surface area contributed by atoms with E-state index in [1.54, 1.807) is 0 Å². The number of benzene rings is 6. The van der Waals surface area contributed by atoms with Gasteiger partial charge >= 0.3 is 0 Å². The summed E-state index contributed by atoms with van der Waals surface area (Å²) < 4.78 is 2.26.